The number of methoxy groups -OCH3 is 1. The van der Waals surface area contributed by atoms with Crippen molar-refractivity contribution >= 4 is 5.97 Å². The fraction of sp³-hybridized carbons (Fsp3) is 0.700. The Morgan fingerprint density at radius 1 is 1.67 bits per heavy atom. The minimum Gasteiger partial charge on any atom is -0.466 e. The minimum atomic E-state index is -0.327. The molecular formula is C10H15N3O2. The fourth-order valence-corrected chi connectivity index (χ4v) is 1.78. The van der Waals surface area contributed by atoms with E-state index in [4.69, 9.17) is 5.53 Å². The normalized spacial score (nSPS) is 30.1. The third-order valence-electron chi connectivity index (χ3n) is 2.98. The van der Waals surface area contributed by atoms with E-state index in [2.05, 4.69) is 14.8 Å². The molecule has 0 saturated carbocycles. The molecule has 0 bridgehead atoms. The van der Waals surface area contributed by atoms with Crippen LogP contribution in [0.4, 0.5) is 0 Å². The van der Waals surface area contributed by atoms with Gasteiger partial charge in [-0.3, -0.25) is 0 Å². The number of rotatable bonds is 2. The molecule has 0 fully saturated rings. The Kier molecular flexibility index (Phi) is 3.74. The molecule has 82 valence electrons. The van der Waals surface area contributed by atoms with Crippen LogP contribution in [0, 0.1) is 11.8 Å². The van der Waals surface area contributed by atoms with Crippen LogP contribution in [-0.4, -0.2) is 19.1 Å². The van der Waals surface area contributed by atoms with Gasteiger partial charge in [0.2, 0.25) is 0 Å². The number of azide groups is 1. The van der Waals surface area contributed by atoms with Crippen molar-refractivity contribution in [1.82, 2.24) is 0 Å². The van der Waals surface area contributed by atoms with Crippen LogP contribution in [-0.2, 0) is 9.53 Å². The number of esters is 1. The highest BCUT2D eigenvalue weighted by molar-refractivity contribution is 5.88. The van der Waals surface area contributed by atoms with Crippen LogP contribution in [0.2, 0.25) is 0 Å². The molecule has 0 aliphatic heterocycles. The predicted octanol–water partition coefficient (Wildman–Crippen LogP) is 2.44. The van der Waals surface area contributed by atoms with Gasteiger partial charge in [0.15, 0.2) is 0 Å². The first-order valence-electron chi connectivity index (χ1n) is 4.93. The summed E-state index contributed by atoms with van der Waals surface area (Å²) in [4.78, 5) is 14.1. The summed E-state index contributed by atoms with van der Waals surface area (Å²) in [5.41, 5.74) is 9.03. The van der Waals surface area contributed by atoms with Crippen LogP contribution < -0.4 is 0 Å². The molecule has 0 amide bonds. The number of hydrogen-bond acceptors (Lipinski definition) is 3. The van der Waals surface area contributed by atoms with Gasteiger partial charge in [-0.2, -0.15) is 0 Å². The first kappa shape index (κ1) is 11.6. The second kappa shape index (κ2) is 4.84. The molecule has 1 rings (SSSR count). The monoisotopic (exact) mass is 209 g/mol. The summed E-state index contributed by atoms with van der Waals surface area (Å²) in [5.74, 6) is 0.251. The molecule has 1 unspecified atom stereocenters. The molecular weight excluding hydrogens is 194 g/mol. The van der Waals surface area contributed by atoms with Gasteiger partial charge in [0.1, 0.15) is 0 Å². The van der Waals surface area contributed by atoms with E-state index in [1.165, 1.54) is 7.11 Å². The van der Waals surface area contributed by atoms with Gasteiger partial charge in [0.25, 0.3) is 0 Å². The van der Waals surface area contributed by atoms with Gasteiger partial charge in [-0.05, 0) is 23.8 Å². The zero-order valence-electron chi connectivity index (χ0n) is 9.17. The van der Waals surface area contributed by atoms with Gasteiger partial charge in [-0.1, -0.05) is 25.0 Å². The summed E-state index contributed by atoms with van der Waals surface area (Å²) in [7, 11) is 1.36. The number of nitrogens with zero attached hydrogens (tertiary/aromatic N) is 3. The van der Waals surface area contributed by atoms with E-state index in [9.17, 15) is 4.79 Å². The van der Waals surface area contributed by atoms with Crippen molar-refractivity contribution < 1.29 is 9.53 Å². The zero-order chi connectivity index (χ0) is 11.4. The quantitative estimate of drug-likeness (QED) is 0.303. The van der Waals surface area contributed by atoms with Crippen molar-refractivity contribution in [2.75, 3.05) is 7.11 Å². The maximum Gasteiger partial charge on any atom is 0.333 e. The van der Waals surface area contributed by atoms with E-state index in [0.29, 0.717) is 17.9 Å². The van der Waals surface area contributed by atoms with E-state index >= 15 is 0 Å². The molecule has 0 spiro atoms. The lowest BCUT2D eigenvalue weighted by atomic mass is 9.79. The summed E-state index contributed by atoms with van der Waals surface area (Å²) in [6, 6.07) is -0.243. The maximum atomic E-state index is 11.3. The Morgan fingerprint density at radius 2 is 2.33 bits per heavy atom. The molecule has 1 aliphatic rings. The summed E-state index contributed by atoms with van der Waals surface area (Å²) < 4.78 is 4.66. The third-order valence-corrected chi connectivity index (χ3v) is 2.98. The van der Waals surface area contributed by atoms with Gasteiger partial charge in [0, 0.05) is 10.5 Å². The number of carbonyl (C=O) groups excluding carboxylic acids is 1. The first-order valence-corrected chi connectivity index (χ1v) is 4.93. The number of ether oxygens (including phenoxy) is 1. The Labute approximate surface area is 88.7 Å². The van der Waals surface area contributed by atoms with E-state index < -0.39 is 0 Å². The van der Waals surface area contributed by atoms with Gasteiger partial charge in [-0.25, -0.2) is 4.79 Å². The van der Waals surface area contributed by atoms with Crippen molar-refractivity contribution in [2.45, 2.75) is 26.3 Å². The largest absolute Gasteiger partial charge is 0.466 e. The summed E-state index contributed by atoms with van der Waals surface area (Å²) in [6.45, 7) is 4.06. The van der Waals surface area contributed by atoms with E-state index in [1.54, 1.807) is 6.08 Å². The third kappa shape index (κ3) is 2.50. The second-order valence-corrected chi connectivity index (χ2v) is 3.92. The van der Waals surface area contributed by atoms with Crippen molar-refractivity contribution in [3.05, 3.63) is 22.1 Å². The SMILES string of the molecule is COC(=O)C1=CC(N=[N+]=[N-])[C@H](C)[C@H](C)C1. The Balaban J connectivity index is 2.95. The molecule has 0 saturated heterocycles. The zero-order valence-corrected chi connectivity index (χ0v) is 9.17. The molecule has 0 aromatic heterocycles. The van der Waals surface area contributed by atoms with Crippen LogP contribution in [0.15, 0.2) is 16.8 Å². The van der Waals surface area contributed by atoms with Gasteiger partial charge in [-0.15, -0.1) is 0 Å². The smallest absolute Gasteiger partial charge is 0.333 e. The molecule has 5 heteroatoms. The van der Waals surface area contributed by atoms with E-state index in [0.717, 1.165) is 0 Å². The molecule has 0 aromatic rings. The second-order valence-electron chi connectivity index (χ2n) is 3.92. The van der Waals surface area contributed by atoms with Crippen molar-refractivity contribution in [1.29, 1.82) is 0 Å². The van der Waals surface area contributed by atoms with E-state index in [1.807, 2.05) is 13.8 Å². The van der Waals surface area contributed by atoms with Crippen molar-refractivity contribution in [2.24, 2.45) is 17.0 Å². The standard InChI is InChI=1S/C10H15N3O2/c1-6-4-8(10(14)15-3)5-9(7(6)2)12-13-11/h5-7,9H,4H2,1-3H3/t6-,7-,9?/m1/s1. The predicted molar refractivity (Wildman–Crippen MR) is 56.0 cm³/mol. The Bertz CT molecular complexity index is 332. The molecule has 1 aliphatic carbocycles. The molecule has 0 heterocycles. The number of hydrogen-bond donors (Lipinski definition) is 0. The molecule has 0 radical (unpaired) electrons. The van der Waals surface area contributed by atoms with Gasteiger partial charge < -0.3 is 4.74 Å². The number of carbonyl (C=O) groups is 1. The average molecular weight is 209 g/mol. The highest BCUT2D eigenvalue weighted by Gasteiger charge is 2.29. The lowest BCUT2D eigenvalue weighted by molar-refractivity contribution is -0.136. The van der Waals surface area contributed by atoms with Gasteiger partial charge >= 0.3 is 5.97 Å². The summed E-state index contributed by atoms with van der Waals surface area (Å²) >= 11 is 0. The Hall–Kier alpha value is -1.48. The first-order chi connectivity index (χ1) is 7.10. The van der Waals surface area contributed by atoms with Crippen LogP contribution in [0.25, 0.3) is 10.4 Å². The summed E-state index contributed by atoms with van der Waals surface area (Å²) in [6.07, 6.45) is 2.40. The lowest BCUT2D eigenvalue weighted by Gasteiger charge is -2.29. The molecule has 5 nitrogen and oxygen atoms in total. The lowest BCUT2D eigenvalue weighted by Crippen LogP contribution is -2.28. The van der Waals surface area contributed by atoms with Crippen LogP contribution in [0.5, 0.6) is 0 Å². The molecule has 0 N–H and O–H groups in total. The molecule has 15 heavy (non-hydrogen) atoms. The van der Waals surface area contributed by atoms with Crippen LogP contribution in [0.3, 0.4) is 0 Å². The topological polar surface area (TPSA) is 75.1 Å². The van der Waals surface area contributed by atoms with Gasteiger partial charge in [0.05, 0.1) is 13.2 Å². The fourth-order valence-electron chi connectivity index (χ4n) is 1.78. The molecule has 0 aromatic carbocycles. The maximum absolute atomic E-state index is 11.3. The highest BCUT2D eigenvalue weighted by Crippen LogP contribution is 2.31. The molecule has 3 atom stereocenters. The van der Waals surface area contributed by atoms with Crippen molar-refractivity contribution in [3.8, 4) is 0 Å². The van der Waals surface area contributed by atoms with Crippen LogP contribution >= 0.6 is 0 Å². The average Bonchev–Trinajstić information content (AvgIpc) is 2.23. The minimum absolute atomic E-state index is 0.243. The van der Waals surface area contributed by atoms with Crippen LogP contribution in [0.1, 0.15) is 20.3 Å². The highest BCUT2D eigenvalue weighted by atomic mass is 16.5. The Morgan fingerprint density at radius 3 is 2.87 bits per heavy atom. The van der Waals surface area contributed by atoms with E-state index in [-0.39, 0.29) is 17.9 Å². The van der Waals surface area contributed by atoms with Crippen molar-refractivity contribution in [3.63, 3.8) is 0 Å². The summed E-state index contributed by atoms with van der Waals surface area (Å²) in [5, 5.41) is 3.68.